The maximum atomic E-state index is 14.4. The Bertz CT molecular complexity index is 1420. The van der Waals surface area contributed by atoms with Gasteiger partial charge >= 0.3 is 0 Å². The van der Waals surface area contributed by atoms with Gasteiger partial charge in [0.25, 0.3) is 0 Å². The fraction of sp³-hybridized carbons (Fsp3) is 0.200. The minimum Gasteiger partial charge on any atom is -0.380 e. The first kappa shape index (κ1) is 24.9. The van der Waals surface area contributed by atoms with Gasteiger partial charge < -0.3 is 5.32 Å². The normalized spacial score (nSPS) is 23.8. The Kier molecular flexibility index (Phi) is 6.97. The van der Waals surface area contributed by atoms with Gasteiger partial charge in [-0.1, -0.05) is 77.8 Å². The number of ketones is 2. The topological polar surface area (TPSA) is 46.2 Å². The van der Waals surface area contributed by atoms with Gasteiger partial charge in [-0.25, -0.2) is 0 Å². The van der Waals surface area contributed by atoms with Crippen LogP contribution in [0.15, 0.2) is 99.9 Å². The number of thioether (sulfide) groups is 2. The Hall–Kier alpha value is -2.44. The van der Waals surface area contributed by atoms with Crippen molar-refractivity contribution in [3.8, 4) is 0 Å². The second-order valence-corrected chi connectivity index (χ2v) is 12.7. The molecule has 1 N–H and O–H groups in total. The van der Waals surface area contributed by atoms with Crippen LogP contribution in [0.3, 0.4) is 0 Å². The summed E-state index contributed by atoms with van der Waals surface area (Å²) in [5, 5.41) is 5.02. The summed E-state index contributed by atoms with van der Waals surface area (Å²) in [6, 6.07) is 25.3. The van der Waals surface area contributed by atoms with Crippen LogP contribution < -0.4 is 5.32 Å². The van der Waals surface area contributed by atoms with E-state index in [1.165, 1.54) is 0 Å². The molecular formula is C30H23Cl2NO2S2. The third-order valence-corrected chi connectivity index (χ3v) is 10.4. The number of nitrogens with one attached hydrogen (secondary N) is 1. The summed E-state index contributed by atoms with van der Waals surface area (Å²) < 4.78 is 0.858. The Morgan fingerprint density at radius 2 is 1.32 bits per heavy atom. The van der Waals surface area contributed by atoms with Crippen LogP contribution in [-0.4, -0.2) is 23.1 Å². The van der Waals surface area contributed by atoms with Gasteiger partial charge in [0.1, 0.15) is 0 Å². The molecule has 186 valence electrons. The average Bonchev–Trinajstić information content (AvgIpc) is 3.56. The first-order chi connectivity index (χ1) is 18.0. The van der Waals surface area contributed by atoms with E-state index < -0.39 is 0 Å². The van der Waals surface area contributed by atoms with E-state index in [2.05, 4.69) is 17.4 Å². The molecule has 3 aromatic carbocycles. The van der Waals surface area contributed by atoms with Gasteiger partial charge in [0.15, 0.2) is 11.6 Å². The Morgan fingerprint density at radius 1 is 0.730 bits per heavy atom. The number of hydrogen-bond donors (Lipinski definition) is 1. The fourth-order valence-electron chi connectivity index (χ4n) is 5.47. The van der Waals surface area contributed by atoms with Gasteiger partial charge in [-0.3, -0.25) is 9.59 Å². The molecule has 2 heterocycles. The lowest BCUT2D eigenvalue weighted by molar-refractivity contribution is -0.119. The predicted octanol–water partition coefficient (Wildman–Crippen LogP) is 7.69. The standard InChI is InChI=1S/C30H23Cl2NO2S2/c31-20-10-6-17(7-11-20)22-16-23(34)25(30-36-14-15-37-30)29(35)26-24(18-8-12-21(32)13-9-18)27(33-28(22)26)19-4-2-1-3-5-19/h1-13,22,24,27,33H,14-16H2/t22-,24+,27-/m1/s1. The number of Topliss-reactive ketones (excluding diaryl/α,β-unsaturated/α-hetero) is 2. The molecule has 1 aliphatic carbocycles. The van der Waals surface area contributed by atoms with E-state index in [9.17, 15) is 9.59 Å². The molecule has 1 fully saturated rings. The van der Waals surface area contributed by atoms with E-state index >= 15 is 0 Å². The Labute approximate surface area is 234 Å². The number of rotatable bonds is 3. The lowest BCUT2D eigenvalue weighted by atomic mass is 9.81. The highest BCUT2D eigenvalue weighted by atomic mass is 35.5. The van der Waals surface area contributed by atoms with Crippen LogP contribution in [0.5, 0.6) is 0 Å². The number of benzene rings is 3. The number of carbonyl (C=O) groups is 2. The van der Waals surface area contributed by atoms with Crippen molar-refractivity contribution in [3.63, 3.8) is 0 Å². The predicted molar refractivity (Wildman–Crippen MR) is 154 cm³/mol. The molecule has 0 spiro atoms. The quantitative estimate of drug-likeness (QED) is 0.261. The monoisotopic (exact) mass is 563 g/mol. The number of allylic oxidation sites excluding steroid dienone is 2. The van der Waals surface area contributed by atoms with E-state index in [1.807, 2.05) is 66.7 Å². The van der Waals surface area contributed by atoms with Crippen LogP contribution in [0.25, 0.3) is 0 Å². The molecule has 0 unspecified atom stereocenters. The molecule has 0 saturated carbocycles. The highest BCUT2D eigenvalue weighted by Crippen LogP contribution is 2.52. The number of carbonyl (C=O) groups excluding carboxylic acids is 2. The smallest absolute Gasteiger partial charge is 0.196 e. The maximum absolute atomic E-state index is 14.4. The highest BCUT2D eigenvalue weighted by molar-refractivity contribution is 8.25. The average molecular weight is 565 g/mol. The highest BCUT2D eigenvalue weighted by Gasteiger charge is 2.47. The molecule has 1 saturated heterocycles. The number of halogens is 2. The molecule has 2 aliphatic heterocycles. The zero-order chi connectivity index (χ0) is 25.5. The zero-order valence-electron chi connectivity index (χ0n) is 19.7. The third kappa shape index (κ3) is 4.67. The molecule has 0 radical (unpaired) electrons. The van der Waals surface area contributed by atoms with Crippen molar-refractivity contribution < 1.29 is 9.59 Å². The largest absolute Gasteiger partial charge is 0.380 e. The summed E-state index contributed by atoms with van der Waals surface area (Å²) in [5.41, 5.74) is 4.90. The summed E-state index contributed by atoms with van der Waals surface area (Å²) in [5.74, 6) is 1.02. The SMILES string of the molecule is O=C1C[C@H](c2ccc(Cl)cc2)C2=C(C(=O)C1=C1SCCS1)[C@H](c1ccc(Cl)cc1)[C@@H](c1ccccc1)N2. The molecule has 3 aromatic rings. The summed E-state index contributed by atoms with van der Waals surface area (Å²) in [7, 11) is 0. The van der Waals surface area contributed by atoms with E-state index in [-0.39, 0.29) is 35.9 Å². The lowest BCUT2D eigenvalue weighted by Crippen LogP contribution is -2.24. The first-order valence-electron chi connectivity index (χ1n) is 12.2. The van der Waals surface area contributed by atoms with E-state index in [1.54, 1.807) is 23.5 Å². The molecule has 6 rings (SSSR count). The molecular weight excluding hydrogens is 541 g/mol. The van der Waals surface area contributed by atoms with Crippen LogP contribution in [0.2, 0.25) is 10.0 Å². The van der Waals surface area contributed by atoms with Gasteiger partial charge in [0, 0.05) is 51.1 Å². The third-order valence-electron chi connectivity index (χ3n) is 7.15. The molecule has 3 aliphatic rings. The van der Waals surface area contributed by atoms with E-state index in [0.717, 1.165) is 38.1 Å². The van der Waals surface area contributed by atoms with Crippen molar-refractivity contribution in [2.75, 3.05) is 11.5 Å². The fourth-order valence-corrected chi connectivity index (χ4v) is 8.30. The molecule has 0 aromatic heterocycles. The van der Waals surface area contributed by atoms with Crippen LogP contribution in [0, 0.1) is 0 Å². The van der Waals surface area contributed by atoms with Crippen LogP contribution in [-0.2, 0) is 9.59 Å². The molecule has 37 heavy (non-hydrogen) atoms. The van der Waals surface area contributed by atoms with Crippen molar-refractivity contribution in [2.45, 2.75) is 24.3 Å². The minimum atomic E-state index is -0.276. The van der Waals surface area contributed by atoms with Crippen molar-refractivity contribution in [2.24, 2.45) is 0 Å². The minimum absolute atomic E-state index is 0.0934. The second-order valence-electron chi connectivity index (χ2n) is 9.31. The molecule has 7 heteroatoms. The zero-order valence-corrected chi connectivity index (χ0v) is 22.9. The van der Waals surface area contributed by atoms with Crippen molar-refractivity contribution in [1.82, 2.24) is 5.32 Å². The van der Waals surface area contributed by atoms with Gasteiger partial charge in [-0.2, -0.15) is 0 Å². The summed E-state index contributed by atoms with van der Waals surface area (Å²) in [4.78, 5) is 28.2. The Balaban J connectivity index is 1.58. The summed E-state index contributed by atoms with van der Waals surface area (Å²) in [6.45, 7) is 0. The second kappa shape index (κ2) is 10.4. The van der Waals surface area contributed by atoms with Gasteiger partial charge in [0.05, 0.1) is 15.9 Å². The molecule has 0 amide bonds. The van der Waals surface area contributed by atoms with Gasteiger partial charge in [-0.05, 0) is 41.0 Å². The van der Waals surface area contributed by atoms with Crippen LogP contribution in [0.1, 0.15) is 41.0 Å². The number of hydrogen-bond acceptors (Lipinski definition) is 5. The summed E-state index contributed by atoms with van der Waals surface area (Å²) >= 11 is 15.7. The lowest BCUT2D eigenvalue weighted by Gasteiger charge is -2.25. The van der Waals surface area contributed by atoms with Crippen LogP contribution in [0.4, 0.5) is 0 Å². The van der Waals surface area contributed by atoms with Crippen molar-refractivity contribution in [1.29, 1.82) is 0 Å². The maximum Gasteiger partial charge on any atom is 0.196 e. The van der Waals surface area contributed by atoms with Gasteiger partial charge in [-0.15, -0.1) is 23.5 Å². The Morgan fingerprint density at radius 3 is 1.95 bits per heavy atom. The van der Waals surface area contributed by atoms with Gasteiger partial charge in [0.2, 0.25) is 0 Å². The van der Waals surface area contributed by atoms with Crippen molar-refractivity contribution >= 4 is 58.3 Å². The van der Waals surface area contributed by atoms with Crippen LogP contribution >= 0.6 is 46.7 Å². The molecule has 3 atom stereocenters. The van der Waals surface area contributed by atoms with E-state index in [4.69, 9.17) is 23.2 Å². The molecule has 0 bridgehead atoms. The van der Waals surface area contributed by atoms with Crippen molar-refractivity contribution in [3.05, 3.63) is 127 Å². The molecule has 3 nitrogen and oxygen atoms in total. The summed E-state index contributed by atoms with van der Waals surface area (Å²) in [6.07, 6.45) is 0.230. The van der Waals surface area contributed by atoms with E-state index in [0.29, 0.717) is 21.2 Å². The first-order valence-corrected chi connectivity index (χ1v) is 14.9.